The third kappa shape index (κ3) is 3.76. The minimum absolute atomic E-state index is 0.0390. The summed E-state index contributed by atoms with van der Waals surface area (Å²) >= 11 is 1.29. The monoisotopic (exact) mass is 345 g/mol. The van der Waals surface area contributed by atoms with Crippen molar-refractivity contribution < 1.29 is 9.59 Å². The molecule has 7 nitrogen and oxygen atoms in total. The van der Waals surface area contributed by atoms with Crippen molar-refractivity contribution in [1.29, 1.82) is 0 Å². The van der Waals surface area contributed by atoms with E-state index in [1.165, 1.54) is 11.3 Å². The van der Waals surface area contributed by atoms with Gasteiger partial charge in [-0.2, -0.15) is 0 Å². The highest BCUT2D eigenvalue weighted by molar-refractivity contribution is 7.18. The van der Waals surface area contributed by atoms with Crippen LogP contribution in [0.3, 0.4) is 0 Å². The van der Waals surface area contributed by atoms with Crippen LogP contribution in [0.25, 0.3) is 10.6 Å². The second kappa shape index (κ2) is 7.04. The first-order valence-corrected chi connectivity index (χ1v) is 8.67. The average molecular weight is 345 g/mol. The van der Waals surface area contributed by atoms with Crippen molar-refractivity contribution in [2.24, 2.45) is 11.8 Å². The number of aromatic nitrogens is 3. The zero-order valence-electron chi connectivity index (χ0n) is 13.6. The molecule has 0 aliphatic carbocycles. The lowest BCUT2D eigenvalue weighted by atomic mass is 10.1. The molecule has 126 valence electrons. The fraction of sp³-hybridized carbons (Fsp3) is 0.438. The first-order chi connectivity index (χ1) is 11.5. The molecule has 1 fully saturated rings. The Morgan fingerprint density at radius 2 is 2.29 bits per heavy atom. The molecule has 3 heterocycles. The van der Waals surface area contributed by atoms with E-state index >= 15 is 0 Å². The largest absolute Gasteiger partial charge is 0.342 e. The molecule has 0 radical (unpaired) electrons. The van der Waals surface area contributed by atoms with E-state index in [4.69, 9.17) is 0 Å². The topological polar surface area (TPSA) is 88.1 Å². The molecular weight excluding hydrogens is 326 g/mol. The van der Waals surface area contributed by atoms with Gasteiger partial charge in [-0.15, -0.1) is 10.2 Å². The molecule has 1 aliphatic rings. The molecular formula is C16H19N5O2S. The summed E-state index contributed by atoms with van der Waals surface area (Å²) < 4.78 is 0. The van der Waals surface area contributed by atoms with Crippen LogP contribution in [0.2, 0.25) is 0 Å². The van der Waals surface area contributed by atoms with Crippen molar-refractivity contribution >= 4 is 28.3 Å². The molecule has 0 bridgehead atoms. The summed E-state index contributed by atoms with van der Waals surface area (Å²) in [7, 11) is 0. The molecule has 0 spiro atoms. The second-order valence-electron chi connectivity index (χ2n) is 6.24. The lowest BCUT2D eigenvalue weighted by Gasteiger charge is -2.18. The summed E-state index contributed by atoms with van der Waals surface area (Å²) in [6, 6.07) is 3.71. The predicted octanol–water partition coefficient (Wildman–Crippen LogP) is 2.04. The molecule has 24 heavy (non-hydrogen) atoms. The Hall–Kier alpha value is -2.35. The van der Waals surface area contributed by atoms with Gasteiger partial charge in [0.1, 0.15) is 0 Å². The van der Waals surface area contributed by atoms with Crippen LogP contribution in [-0.4, -0.2) is 45.0 Å². The number of anilines is 1. The van der Waals surface area contributed by atoms with Gasteiger partial charge in [0.05, 0.1) is 5.92 Å². The number of likely N-dealkylation sites (tertiary alicyclic amines) is 1. The summed E-state index contributed by atoms with van der Waals surface area (Å²) in [6.45, 7) is 5.27. The standard InChI is InChI=1S/C16H19N5O2S/c1-10(2)8-21-9-12(6-13(21)22)14(23)18-16-20-19-15(24-16)11-4-3-5-17-7-11/h3-5,7,10,12H,6,8-9H2,1-2H3,(H,18,20,23)/t12-/m1/s1. The van der Waals surface area contributed by atoms with Gasteiger partial charge in [-0.05, 0) is 18.1 Å². The Kier molecular flexibility index (Phi) is 4.84. The number of amides is 2. The third-order valence-electron chi connectivity index (χ3n) is 3.73. The molecule has 1 saturated heterocycles. The van der Waals surface area contributed by atoms with Crippen LogP contribution in [0, 0.1) is 11.8 Å². The number of rotatable bonds is 5. The van der Waals surface area contributed by atoms with Crippen LogP contribution >= 0.6 is 11.3 Å². The third-order valence-corrected chi connectivity index (χ3v) is 4.62. The summed E-state index contributed by atoms with van der Waals surface area (Å²) in [5, 5.41) is 12.0. The second-order valence-corrected chi connectivity index (χ2v) is 7.21. The molecule has 3 rings (SSSR count). The van der Waals surface area contributed by atoms with Gasteiger partial charge < -0.3 is 10.2 Å². The summed E-state index contributed by atoms with van der Waals surface area (Å²) in [4.78, 5) is 30.2. The number of pyridine rings is 1. The van der Waals surface area contributed by atoms with Crippen LogP contribution in [0.5, 0.6) is 0 Å². The molecule has 2 amide bonds. The lowest BCUT2D eigenvalue weighted by molar-refractivity contribution is -0.128. The first kappa shape index (κ1) is 16.5. The molecule has 1 atom stereocenters. The van der Waals surface area contributed by atoms with Gasteiger partial charge in [0.2, 0.25) is 16.9 Å². The quantitative estimate of drug-likeness (QED) is 0.896. The van der Waals surface area contributed by atoms with E-state index < -0.39 is 0 Å². The normalized spacial score (nSPS) is 17.5. The van der Waals surface area contributed by atoms with E-state index in [0.29, 0.717) is 29.1 Å². The molecule has 8 heteroatoms. The lowest BCUT2D eigenvalue weighted by Crippen LogP contribution is -2.31. The minimum atomic E-state index is -0.331. The number of hydrogen-bond donors (Lipinski definition) is 1. The van der Waals surface area contributed by atoms with Crippen LogP contribution in [0.4, 0.5) is 5.13 Å². The zero-order chi connectivity index (χ0) is 17.1. The van der Waals surface area contributed by atoms with Gasteiger partial charge in [0.25, 0.3) is 0 Å². The van der Waals surface area contributed by atoms with E-state index in [9.17, 15) is 9.59 Å². The van der Waals surface area contributed by atoms with Gasteiger partial charge in [0.15, 0.2) is 5.01 Å². The SMILES string of the molecule is CC(C)CN1C[C@H](C(=O)Nc2nnc(-c3cccnc3)s2)CC1=O. The Balaban J connectivity index is 1.62. The number of nitrogens with one attached hydrogen (secondary N) is 1. The van der Waals surface area contributed by atoms with E-state index in [-0.39, 0.29) is 24.2 Å². The van der Waals surface area contributed by atoms with Crippen molar-refractivity contribution in [3.63, 3.8) is 0 Å². The highest BCUT2D eigenvalue weighted by Crippen LogP contribution is 2.27. The van der Waals surface area contributed by atoms with Crippen molar-refractivity contribution in [2.45, 2.75) is 20.3 Å². The maximum atomic E-state index is 12.4. The average Bonchev–Trinajstić information content (AvgIpc) is 3.15. The fourth-order valence-electron chi connectivity index (χ4n) is 2.65. The molecule has 2 aromatic rings. The van der Waals surface area contributed by atoms with E-state index in [0.717, 1.165) is 5.56 Å². The predicted molar refractivity (Wildman–Crippen MR) is 91.3 cm³/mol. The molecule has 2 aromatic heterocycles. The highest BCUT2D eigenvalue weighted by atomic mass is 32.1. The summed E-state index contributed by atoms with van der Waals surface area (Å²) in [5.74, 6) is -0.0800. The Labute approximate surface area is 144 Å². The smallest absolute Gasteiger partial charge is 0.231 e. The van der Waals surface area contributed by atoms with Crippen LogP contribution < -0.4 is 5.32 Å². The maximum Gasteiger partial charge on any atom is 0.231 e. The van der Waals surface area contributed by atoms with E-state index in [2.05, 4.69) is 34.3 Å². The number of carbonyl (C=O) groups is 2. The molecule has 0 saturated carbocycles. The van der Waals surface area contributed by atoms with Crippen molar-refractivity contribution in [1.82, 2.24) is 20.1 Å². The maximum absolute atomic E-state index is 12.4. The van der Waals surface area contributed by atoms with E-state index in [1.807, 2.05) is 12.1 Å². The summed E-state index contributed by atoms with van der Waals surface area (Å²) in [5.41, 5.74) is 0.856. The van der Waals surface area contributed by atoms with Crippen LogP contribution in [0.1, 0.15) is 20.3 Å². The first-order valence-electron chi connectivity index (χ1n) is 7.85. The Morgan fingerprint density at radius 1 is 1.46 bits per heavy atom. The van der Waals surface area contributed by atoms with Crippen LogP contribution in [0.15, 0.2) is 24.5 Å². The zero-order valence-corrected chi connectivity index (χ0v) is 14.4. The number of hydrogen-bond acceptors (Lipinski definition) is 6. The van der Waals surface area contributed by atoms with E-state index in [1.54, 1.807) is 17.3 Å². The molecule has 1 aliphatic heterocycles. The minimum Gasteiger partial charge on any atom is -0.342 e. The van der Waals surface area contributed by atoms with Gasteiger partial charge in [-0.25, -0.2) is 0 Å². The number of nitrogens with zero attached hydrogens (tertiary/aromatic N) is 4. The summed E-state index contributed by atoms with van der Waals surface area (Å²) in [6.07, 6.45) is 3.64. The van der Waals surface area contributed by atoms with Gasteiger partial charge >= 0.3 is 0 Å². The molecule has 1 N–H and O–H groups in total. The Morgan fingerprint density at radius 3 is 3.00 bits per heavy atom. The molecule has 0 aromatic carbocycles. The van der Waals surface area contributed by atoms with Crippen molar-refractivity contribution in [3.05, 3.63) is 24.5 Å². The van der Waals surface area contributed by atoms with Crippen LogP contribution in [-0.2, 0) is 9.59 Å². The Bertz CT molecular complexity index is 731. The van der Waals surface area contributed by atoms with Gasteiger partial charge in [-0.3, -0.25) is 14.6 Å². The van der Waals surface area contributed by atoms with Crippen molar-refractivity contribution in [2.75, 3.05) is 18.4 Å². The van der Waals surface area contributed by atoms with Gasteiger partial charge in [0, 0.05) is 37.5 Å². The van der Waals surface area contributed by atoms with Gasteiger partial charge in [-0.1, -0.05) is 25.2 Å². The highest BCUT2D eigenvalue weighted by Gasteiger charge is 2.34. The number of carbonyl (C=O) groups excluding carboxylic acids is 2. The molecule has 0 unspecified atom stereocenters. The van der Waals surface area contributed by atoms with Crippen molar-refractivity contribution in [3.8, 4) is 10.6 Å². The fourth-order valence-corrected chi connectivity index (χ4v) is 3.39.